The molecule has 6 nitrogen and oxygen atoms in total. The van der Waals surface area contributed by atoms with Crippen LogP contribution in [0.15, 0.2) is 95.9 Å². The molecular formula is C24H20N2O4S. The fourth-order valence-electron chi connectivity index (χ4n) is 3.12. The van der Waals surface area contributed by atoms with Crippen molar-refractivity contribution in [2.45, 2.75) is 4.90 Å². The molecule has 0 fully saturated rings. The van der Waals surface area contributed by atoms with Gasteiger partial charge in [-0.2, -0.15) is 0 Å². The molecule has 0 unspecified atom stereocenters. The third-order valence-electron chi connectivity index (χ3n) is 4.78. The second-order valence-corrected chi connectivity index (χ2v) is 8.56. The Morgan fingerprint density at radius 2 is 1.42 bits per heavy atom. The first kappa shape index (κ1) is 20.4. The number of hydrogen-bond acceptors (Lipinski definition) is 4. The number of carbonyl (C=O) groups excluding carboxylic acids is 1. The molecule has 0 radical (unpaired) electrons. The van der Waals surface area contributed by atoms with Crippen LogP contribution in [0.5, 0.6) is 5.75 Å². The van der Waals surface area contributed by atoms with Crippen LogP contribution >= 0.6 is 0 Å². The minimum absolute atomic E-state index is 0.174. The van der Waals surface area contributed by atoms with E-state index in [2.05, 4.69) is 10.0 Å². The molecule has 4 aromatic rings. The lowest BCUT2D eigenvalue weighted by atomic mass is 10.1. The van der Waals surface area contributed by atoms with E-state index in [1.165, 1.54) is 0 Å². The van der Waals surface area contributed by atoms with Crippen molar-refractivity contribution in [3.63, 3.8) is 0 Å². The van der Waals surface area contributed by atoms with E-state index < -0.39 is 10.0 Å². The molecule has 1 amide bonds. The van der Waals surface area contributed by atoms with Crippen molar-refractivity contribution in [1.82, 2.24) is 0 Å². The predicted octanol–water partition coefficient (Wildman–Crippen LogP) is 4.90. The van der Waals surface area contributed by atoms with E-state index in [1.54, 1.807) is 73.8 Å². The smallest absolute Gasteiger partial charge is 0.261 e. The molecule has 0 saturated heterocycles. The Balaban J connectivity index is 1.47. The maximum atomic E-state index is 12.8. The summed E-state index contributed by atoms with van der Waals surface area (Å²) in [5.41, 5.74) is 1.41. The average molecular weight is 433 g/mol. The maximum Gasteiger partial charge on any atom is 0.261 e. The van der Waals surface area contributed by atoms with Crippen molar-refractivity contribution in [2.24, 2.45) is 0 Å². The molecule has 4 rings (SSSR count). The van der Waals surface area contributed by atoms with Crippen molar-refractivity contribution >= 4 is 38.1 Å². The van der Waals surface area contributed by atoms with Crippen molar-refractivity contribution in [3.05, 3.63) is 96.6 Å². The number of sulfonamides is 1. The number of benzene rings is 4. The van der Waals surface area contributed by atoms with Crippen molar-refractivity contribution in [2.75, 3.05) is 17.1 Å². The van der Waals surface area contributed by atoms with Gasteiger partial charge in [0.15, 0.2) is 0 Å². The number of fused-ring (bicyclic) bond motifs is 1. The zero-order valence-electron chi connectivity index (χ0n) is 16.7. The Bertz CT molecular complexity index is 1330. The lowest BCUT2D eigenvalue weighted by Crippen LogP contribution is -2.14. The number of hydrogen-bond donors (Lipinski definition) is 2. The summed E-state index contributed by atoms with van der Waals surface area (Å²) in [6.07, 6.45) is 0. The van der Waals surface area contributed by atoms with Gasteiger partial charge in [0.1, 0.15) is 5.75 Å². The standard InChI is InChI=1S/C24H20N2O4S/c1-30-22-13-11-20(12-14-22)25-24(27)18-6-9-21(10-7-18)26-31(28,29)23-15-8-17-4-2-3-5-19(17)16-23/h2-16,26H,1H3,(H,25,27). The zero-order valence-corrected chi connectivity index (χ0v) is 17.5. The van der Waals surface area contributed by atoms with Gasteiger partial charge in [-0.15, -0.1) is 0 Å². The van der Waals surface area contributed by atoms with Gasteiger partial charge in [-0.05, 0) is 71.4 Å². The Hall–Kier alpha value is -3.84. The largest absolute Gasteiger partial charge is 0.497 e. The molecule has 0 aliphatic carbocycles. The van der Waals surface area contributed by atoms with Gasteiger partial charge in [0.05, 0.1) is 12.0 Å². The minimum Gasteiger partial charge on any atom is -0.497 e. The van der Waals surface area contributed by atoms with Crippen LogP contribution in [0.25, 0.3) is 10.8 Å². The Kier molecular flexibility index (Phi) is 5.60. The molecular weight excluding hydrogens is 412 g/mol. The van der Waals surface area contributed by atoms with Gasteiger partial charge in [-0.25, -0.2) is 8.42 Å². The summed E-state index contributed by atoms with van der Waals surface area (Å²) in [6.45, 7) is 0. The van der Waals surface area contributed by atoms with E-state index in [0.717, 1.165) is 10.8 Å². The number of rotatable bonds is 6. The average Bonchev–Trinajstić information content (AvgIpc) is 2.79. The Morgan fingerprint density at radius 1 is 0.774 bits per heavy atom. The third-order valence-corrected chi connectivity index (χ3v) is 6.16. The fourth-order valence-corrected chi connectivity index (χ4v) is 4.21. The molecule has 7 heteroatoms. The molecule has 0 saturated carbocycles. The highest BCUT2D eigenvalue weighted by Crippen LogP contribution is 2.22. The zero-order chi connectivity index (χ0) is 21.8. The van der Waals surface area contributed by atoms with Gasteiger partial charge in [-0.3, -0.25) is 9.52 Å². The minimum atomic E-state index is -3.76. The van der Waals surface area contributed by atoms with Gasteiger partial charge < -0.3 is 10.1 Å². The maximum absolute atomic E-state index is 12.8. The second-order valence-electron chi connectivity index (χ2n) is 6.87. The lowest BCUT2D eigenvalue weighted by Gasteiger charge is -2.10. The summed E-state index contributed by atoms with van der Waals surface area (Å²) >= 11 is 0. The van der Waals surface area contributed by atoms with Crippen LogP contribution in [-0.4, -0.2) is 21.4 Å². The predicted molar refractivity (Wildman–Crippen MR) is 122 cm³/mol. The highest BCUT2D eigenvalue weighted by molar-refractivity contribution is 7.92. The van der Waals surface area contributed by atoms with Crippen LogP contribution in [-0.2, 0) is 10.0 Å². The van der Waals surface area contributed by atoms with E-state index in [-0.39, 0.29) is 10.8 Å². The first-order valence-corrected chi connectivity index (χ1v) is 11.0. The Morgan fingerprint density at radius 3 is 2.10 bits per heavy atom. The molecule has 4 aromatic carbocycles. The number of carbonyl (C=O) groups is 1. The summed E-state index contributed by atoms with van der Waals surface area (Å²) in [4.78, 5) is 12.6. The third kappa shape index (κ3) is 4.67. The van der Waals surface area contributed by atoms with Crippen molar-refractivity contribution < 1.29 is 17.9 Å². The number of ether oxygens (including phenoxy) is 1. The Labute approximate surface area is 180 Å². The van der Waals surface area contributed by atoms with E-state index in [4.69, 9.17) is 4.74 Å². The van der Waals surface area contributed by atoms with Crippen LogP contribution in [0.1, 0.15) is 10.4 Å². The van der Waals surface area contributed by atoms with Gasteiger partial charge in [0.25, 0.3) is 15.9 Å². The molecule has 0 spiro atoms. The summed E-state index contributed by atoms with van der Waals surface area (Å²) in [5.74, 6) is 0.398. The molecule has 0 bridgehead atoms. The molecule has 0 aromatic heterocycles. The van der Waals surface area contributed by atoms with E-state index >= 15 is 0 Å². The van der Waals surface area contributed by atoms with Gasteiger partial charge in [-0.1, -0.05) is 30.3 Å². The van der Waals surface area contributed by atoms with Crippen LogP contribution in [0.3, 0.4) is 0 Å². The monoisotopic (exact) mass is 432 g/mol. The molecule has 156 valence electrons. The number of anilines is 2. The molecule has 31 heavy (non-hydrogen) atoms. The van der Waals surface area contributed by atoms with Gasteiger partial charge in [0.2, 0.25) is 0 Å². The van der Waals surface area contributed by atoms with E-state index in [1.807, 2.05) is 24.3 Å². The van der Waals surface area contributed by atoms with Gasteiger partial charge in [0, 0.05) is 16.9 Å². The van der Waals surface area contributed by atoms with Crippen LogP contribution in [0, 0.1) is 0 Å². The summed E-state index contributed by atoms with van der Waals surface area (Å²) in [7, 11) is -2.18. The lowest BCUT2D eigenvalue weighted by molar-refractivity contribution is 0.102. The summed E-state index contributed by atoms with van der Waals surface area (Å²) in [6, 6.07) is 25.8. The van der Waals surface area contributed by atoms with E-state index in [0.29, 0.717) is 22.7 Å². The van der Waals surface area contributed by atoms with Crippen LogP contribution in [0.4, 0.5) is 11.4 Å². The van der Waals surface area contributed by atoms with Gasteiger partial charge >= 0.3 is 0 Å². The van der Waals surface area contributed by atoms with E-state index in [9.17, 15) is 13.2 Å². The highest BCUT2D eigenvalue weighted by Gasteiger charge is 2.15. The van der Waals surface area contributed by atoms with Crippen LogP contribution < -0.4 is 14.8 Å². The SMILES string of the molecule is COc1ccc(NC(=O)c2ccc(NS(=O)(=O)c3ccc4ccccc4c3)cc2)cc1. The summed E-state index contributed by atoms with van der Waals surface area (Å²) in [5, 5.41) is 4.60. The first-order chi connectivity index (χ1) is 14.9. The van der Waals surface area contributed by atoms with Crippen molar-refractivity contribution in [1.29, 1.82) is 0 Å². The molecule has 0 aliphatic heterocycles. The molecule has 2 N–H and O–H groups in total. The quantitative estimate of drug-likeness (QED) is 0.454. The molecule has 0 atom stereocenters. The normalized spacial score (nSPS) is 11.1. The topological polar surface area (TPSA) is 84.5 Å². The second kappa shape index (κ2) is 8.49. The highest BCUT2D eigenvalue weighted by atomic mass is 32.2. The van der Waals surface area contributed by atoms with Crippen molar-refractivity contribution in [3.8, 4) is 5.75 Å². The summed E-state index contributed by atoms with van der Waals surface area (Å²) < 4.78 is 33.2. The molecule has 0 aliphatic rings. The first-order valence-electron chi connectivity index (χ1n) is 9.52. The number of amides is 1. The van der Waals surface area contributed by atoms with Crippen LogP contribution in [0.2, 0.25) is 0 Å². The number of nitrogens with one attached hydrogen (secondary N) is 2. The number of methoxy groups -OCH3 is 1. The fraction of sp³-hybridized carbons (Fsp3) is 0.0417. The molecule has 0 heterocycles.